The van der Waals surface area contributed by atoms with Gasteiger partial charge in [-0.05, 0) is 18.2 Å². The Morgan fingerprint density at radius 3 is 3.14 bits per heavy atom. The molecular formula is C10H8N2O2. The summed E-state index contributed by atoms with van der Waals surface area (Å²) >= 11 is 0. The number of hydrogen-bond acceptors (Lipinski definition) is 2. The van der Waals surface area contributed by atoms with Crippen LogP contribution in [0.4, 0.5) is 0 Å². The van der Waals surface area contributed by atoms with Crippen LogP contribution in [0.2, 0.25) is 0 Å². The zero-order chi connectivity index (χ0) is 9.97. The first-order chi connectivity index (χ1) is 6.77. The number of carboxylic acids is 1. The van der Waals surface area contributed by atoms with Crippen LogP contribution < -0.4 is 0 Å². The van der Waals surface area contributed by atoms with Gasteiger partial charge in [-0.2, -0.15) is 0 Å². The molecule has 0 amide bonds. The van der Waals surface area contributed by atoms with Crippen molar-refractivity contribution in [2.45, 2.75) is 0 Å². The van der Waals surface area contributed by atoms with Gasteiger partial charge in [0, 0.05) is 12.3 Å². The molecular weight excluding hydrogens is 180 g/mol. The number of hydrogen-bond donors (Lipinski definition) is 1. The van der Waals surface area contributed by atoms with E-state index in [2.05, 4.69) is 4.98 Å². The van der Waals surface area contributed by atoms with Gasteiger partial charge in [0.1, 0.15) is 0 Å². The quantitative estimate of drug-likeness (QED) is 0.725. The van der Waals surface area contributed by atoms with E-state index in [0.717, 1.165) is 11.6 Å². The first-order valence-electron chi connectivity index (χ1n) is 4.10. The monoisotopic (exact) mass is 188 g/mol. The Bertz CT molecular complexity index is 500. The summed E-state index contributed by atoms with van der Waals surface area (Å²) in [6.45, 7) is 0. The minimum atomic E-state index is -0.970. The fraction of sp³-hybridized carbons (Fsp3) is 0. The Kier molecular flexibility index (Phi) is 2.02. The maximum Gasteiger partial charge on any atom is 0.328 e. The molecule has 0 saturated carbocycles. The summed E-state index contributed by atoms with van der Waals surface area (Å²) in [7, 11) is 0. The molecule has 2 aromatic rings. The molecule has 14 heavy (non-hydrogen) atoms. The van der Waals surface area contributed by atoms with E-state index in [0.29, 0.717) is 5.69 Å². The smallest absolute Gasteiger partial charge is 0.328 e. The summed E-state index contributed by atoms with van der Waals surface area (Å²) in [5.74, 6) is -0.970. The first-order valence-corrected chi connectivity index (χ1v) is 4.10. The highest BCUT2D eigenvalue weighted by Crippen LogP contribution is 2.09. The Balaban J connectivity index is 2.48. The zero-order valence-electron chi connectivity index (χ0n) is 7.29. The van der Waals surface area contributed by atoms with E-state index in [1.165, 1.54) is 6.08 Å². The van der Waals surface area contributed by atoms with Crippen LogP contribution in [0.15, 0.2) is 36.8 Å². The molecule has 0 aliphatic carbocycles. The third-order valence-corrected chi connectivity index (χ3v) is 1.86. The lowest BCUT2D eigenvalue weighted by Crippen LogP contribution is -1.86. The van der Waals surface area contributed by atoms with Crippen LogP contribution in [0.3, 0.4) is 0 Å². The minimum absolute atomic E-state index is 0.660. The molecule has 0 fully saturated rings. The fourth-order valence-corrected chi connectivity index (χ4v) is 1.24. The largest absolute Gasteiger partial charge is 0.478 e. The highest BCUT2D eigenvalue weighted by atomic mass is 16.4. The molecule has 0 aromatic carbocycles. The van der Waals surface area contributed by atoms with E-state index < -0.39 is 5.97 Å². The zero-order valence-corrected chi connectivity index (χ0v) is 7.29. The average molecular weight is 188 g/mol. The van der Waals surface area contributed by atoms with E-state index in [1.54, 1.807) is 6.33 Å². The second-order valence-electron chi connectivity index (χ2n) is 2.79. The summed E-state index contributed by atoms with van der Waals surface area (Å²) in [4.78, 5) is 14.4. The van der Waals surface area contributed by atoms with Gasteiger partial charge in [-0.25, -0.2) is 9.78 Å². The molecule has 70 valence electrons. The Hall–Kier alpha value is -2.10. The lowest BCUT2D eigenvalue weighted by Gasteiger charge is -1.91. The van der Waals surface area contributed by atoms with E-state index in [9.17, 15) is 4.79 Å². The molecule has 1 N–H and O–H groups in total. The number of imidazole rings is 1. The molecule has 0 unspecified atom stereocenters. The van der Waals surface area contributed by atoms with Gasteiger partial charge in [0.2, 0.25) is 0 Å². The molecule has 2 rings (SSSR count). The number of rotatable bonds is 2. The van der Waals surface area contributed by atoms with Crippen molar-refractivity contribution in [2.75, 3.05) is 0 Å². The van der Waals surface area contributed by atoms with Gasteiger partial charge >= 0.3 is 5.97 Å². The molecule has 2 aromatic heterocycles. The molecule has 0 bridgehead atoms. The molecule has 0 aliphatic rings. The predicted octanol–water partition coefficient (Wildman–Crippen LogP) is 1.43. The number of fused-ring (bicyclic) bond motifs is 1. The van der Waals surface area contributed by atoms with Crippen LogP contribution >= 0.6 is 0 Å². The van der Waals surface area contributed by atoms with Gasteiger partial charge in [0.05, 0.1) is 17.5 Å². The lowest BCUT2D eigenvalue weighted by molar-refractivity contribution is -0.131. The topological polar surface area (TPSA) is 54.6 Å². The molecule has 0 radical (unpaired) electrons. The van der Waals surface area contributed by atoms with Gasteiger partial charge in [-0.15, -0.1) is 0 Å². The normalized spacial score (nSPS) is 11.1. The summed E-state index contributed by atoms with van der Waals surface area (Å²) in [6.07, 6.45) is 6.07. The van der Waals surface area contributed by atoms with Gasteiger partial charge in [-0.3, -0.25) is 0 Å². The number of carboxylic acid groups (broad SMARTS) is 1. The van der Waals surface area contributed by atoms with Crippen molar-refractivity contribution in [3.8, 4) is 0 Å². The number of aliphatic carboxylic acids is 1. The summed E-state index contributed by atoms with van der Waals surface area (Å²) in [5.41, 5.74) is 1.55. The number of aromatic nitrogens is 2. The Morgan fingerprint density at radius 1 is 1.50 bits per heavy atom. The fourth-order valence-electron chi connectivity index (χ4n) is 1.24. The van der Waals surface area contributed by atoms with Gasteiger partial charge in [0.15, 0.2) is 0 Å². The van der Waals surface area contributed by atoms with Gasteiger partial charge < -0.3 is 9.51 Å². The second kappa shape index (κ2) is 3.33. The highest BCUT2D eigenvalue weighted by molar-refractivity contribution is 5.86. The standard InChI is InChI=1S/C10H8N2O2/c13-10(14)5-4-8-9-3-1-2-6-12(9)7-11-8/h1-7H,(H,13,14). The van der Waals surface area contributed by atoms with Crippen LogP contribution in [0.1, 0.15) is 5.69 Å². The molecule has 0 spiro atoms. The van der Waals surface area contributed by atoms with Crippen LogP contribution in [0.25, 0.3) is 11.6 Å². The van der Waals surface area contributed by atoms with E-state index in [1.807, 2.05) is 28.8 Å². The first kappa shape index (κ1) is 8.50. The maximum atomic E-state index is 10.3. The predicted molar refractivity (Wildman–Crippen MR) is 51.9 cm³/mol. The Labute approximate surface area is 80.1 Å². The van der Waals surface area contributed by atoms with Crippen LogP contribution in [0.5, 0.6) is 0 Å². The number of nitrogens with zero attached hydrogens (tertiary/aromatic N) is 2. The van der Waals surface area contributed by atoms with Crippen molar-refractivity contribution in [1.29, 1.82) is 0 Å². The van der Waals surface area contributed by atoms with Gasteiger partial charge in [0.25, 0.3) is 0 Å². The minimum Gasteiger partial charge on any atom is -0.478 e. The third kappa shape index (κ3) is 1.50. The summed E-state index contributed by atoms with van der Waals surface area (Å²) < 4.78 is 1.83. The van der Waals surface area contributed by atoms with Crippen LogP contribution in [-0.4, -0.2) is 20.5 Å². The summed E-state index contributed by atoms with van der Waals surface area (Å²) in [6, 6.07) is 5.66. The van der Waals surface area contributed by atoms with E-state index in [4.69, 9.17) is 5.11 Å². The molecule has 0 saturated heterocycles. The van der Waals surface area contributed by atoms with Crippen molar-refractivity contribution in [3.05, 3.63) is 42.5 Å². The molecule has 0 aliphatic heterocycles. The van der Waals surface area contributed by atoms with Gasteiger partial charge in [-0.1, -0.05) is 6.07 Å². The molecule has 0 atom stereocenters. The van der Waals surface area contributed by atoms with Crippen molar-refractivity contribution in [1.82, 2.24) is 9.38 Å². The van der Waals surface area contributed by atoms with E-state index in [-0.39, 0.29) is 0 Å². The summed E-state index contributed by atoms with van der Waals surface area (Å²) in [5, 5.41) is 8.46. The number of pyridine rings is 1. The second-order valence-corrected chi connectivity index (χ2v) is 2.79. The maximum absolute atomic E-state index is 10.3. The molecule has 4 nitrogen and oxygen atoms in total. The third-order valence-electron chi connectivity index (χ3n) is 1.86. The molecule has 2 heterocycles. The van der Waals surface area contributed by atoms with Crippen molar-refractivity contribution in [3.63, 3.8) is 0 Å². The SMILES string of the molecule is O=C(O)C=Cc1ncn2ccccc12. The Morgan fingerprint density at radius 2 is 2.36 bits per heavy atom. The average Bonchev–Trinajstić information content (AvgIpc) is 2.58. The lowest BCUT2D eigenvalue weighted by atomic mass is 10.3. The van der Waals surface area contributed by atoms with Crippen LogP contribution in [-0.2, 0) is 4.79 Å². The van der Waals surface area contributed by atoms with Crippen molar-refractivity contribution in [2.24, 2.45) is 0 Å². The number of carbonyl (C=O) groups is 1. The van der Waals surface area contributed by atoms with Crippen molar-refractivity contribution < 1.29 is 9.90 Å². The van der Waals surface area contributed by atoms with Crippen molar-refractivity contribution >= 4 is 17.6 Å². The highest BCUT2D eigenvalue weighted by Gasteiger charge is 1.99. The van der Waals surface area contributed by atoms with Crippen LogP contribution in [0, 0.1) is 0 Å². The van der Waals surface area contributed by atoms with E-state index >= 15 is 0 Å². The molecule has 4 heteroatoms.